The van der Waals surface area contributed by atoms with E-state index in [-0.39, 0.29) is 16.9 Å². The zero-order valence-electron chi connectivity index (χ0n) is 16.3. The molecule has 140 valence electrons. The second-order valence-electron chi connectivity index (χ2n) is 7.60. The van der Waals surface area contributed by atoms with Crippen LogP contribution in [-0.4, -0.2) is 30.3 Å². The molecular weight excluding hydrogens is 339 g/mol. The van der Waals surface area contributed by atoms with Crippen molar-refractivity contribution in [1.82, 2.24) is 0 Å². The van der Waals surface area contributed by atoms with Gasteiger partial charge in [0.1, 0.15) is 10.9 Å². The number of aromatic hydroxyl groups is 1. The first-order chi connectivity index (χ1) is 11.3. The van der Waals surface area contributed by atoms with E-state index in [0.29, 0.717) is 0 Å². The minimum absolute atomic E-state index is 0.232. The molecule has 1 aromatic rings. The molecule has 0 amide bonds. The van der Waals surface area contributed by atoms with Gasteiger partial charge in [0.2, 0.25) is 0 Å². The van der Waals surface area contributed by atoms with Crippen molar-refractivity contribution in [2.24, 2.45) is 0 Å². The van der Waals surface area contributed by atoms with Crippen LogP contribution in [0.15, 0.2) is 18.2 Å². The molecule has 0 fully saturated rings. The largest absolute Gasteiger partial charge is 0.507 e. The average Bonchev–Trinajstić information content (AvgIpc) is 2.53. The van der Waals surface area contributed by atoms with Crippen molar-refractivity contribution in [1.29, 1.82) is 0 Å². The van der Waals surface area contributed by atoms with Gasteiger partial charge in [-0.3, -0.25) is 9.36 Å². The molecule has 5 nitrogen and oxygen atoms in total. The topological polar surface area (TPSA) is 72.8 Å². The zero-order valence-corrected chi connectivity index (χ0v) is 17.2. The molecule has 0 saturated carbocycles. The molecule has 1 aromatic carbocycles. The van der Waals surface area contributed by atoms with Crippen LogP contribution in [0.3, 0.4) is 0 Å². The van der Waals surface area contributed by atoms with Crippen LogP contribution >= 0.6 is 7.60 Å². The van der Waals surface area contributed by atoms with Crippen LogP contribution < -0.4 is 0 Å². The average molecular weight is 368 g/mol. The van der Waals surface area contributed by atoms with Gasteiger partial charge in [-0.2, -0.15) is 0 Å². The number of carbonyl (C=O) groups excluding carboxylic acids is 1. The number of allylic oxidation sites excluding steroid dienone is 1. The third kappa shape index (κ3) is 4.41. The Kier molecular flexibility index (Phi) is 6.44. The first-order valence-corrected chi connectivity index (χ1v) is 9.62. The maximum absolute atomic E-state index is 12.6. The van der Waals surface area contributed by atoms with Crippen molar-refractivity contribution in [3.05, 3.63) is 34.9 Å². The van der Waals surface area contributed by atoms with E-state index in [9.17, 15) is 14.5 Å². The highest BCUT2D eigenvalue weighted by molar-refractivity contribution is 7.56. The standard InChI is InChI=1S/C19H29O5P/c1-13-11-14(12-15(17(13)21)18(2,3)4)9-10-16(20)19(5,6)25(22,23-7)24-8/h9-12,21H,1-8H3. The van der Waals surface area contributed by atoms with Crippen LogP contribution in [0.4, 0.5) is 0 Å². The summed E-state index contributed by atoms with van der Waals surface area (Å²) in [6.45, 7) is 10.9. The summed E-state index contributed by atoms with van der Waals surface area (Å²) in [6, 6.07) is 3.65. The lowest BCUT2D eigenvalue weighted by Crippen LogP contribution is -2.31. The number of carbonyl (C=O) groups is 1. The number of aryl methyl sites for hydroxylation is 1. The second kappa shape index (κ2) is 7.45. The van der Waals surface area contributed by atoms with Gasteiger partial charge < -0.3 is 14.2 Å². The fourth-order valence-corrected chi connectivity index (χ4v) is 3.92. The van der Waals surface area contributed by atoms with Gasteiger partial charge in [0.25, 0.3) is 0 Å². The van der Waals surface area contributed by atoms with E-state index >= 15 is 0 Å². The Hall–Kier alpha value is -1.42. The van der Waals surface area contributed by atoms with E-state index < -0.39 is 12.8 Å². The van der Waals surface area contributed by atoms with Crippen molar-refractivity contribution in [3.8, 4) is 5.75 Å². The number of phenols is 1. The molecule has 0 aromatic heterocycles. The van der Waals surface area contributed by atoms with E-state index in [4.69, 9.17) is 9.05 Å². The molecule has 0 bridgehead atoms. The van der Waals surface area contributed by atoms with Crippen LogP contribution in [0.25, 0.3) is 6.08 Å². The van der Waals surface area contributed by atoms with Gasteiger partial charge in [-0.05, 0) is 55.5 Å². The molecule has 0 spiro atoms. The molecule has 0 aliphatic carbocycles. The quantitative estimate of drug-likeness (QED) is 0.574. The SMILES string of the molecule is COP(=O)(OC)C(C)(C)C(=O)C=Cc1cc(C)c(O)c(C(C)(C)C)c1. The number of ketones is 1. The van der Waals surface area contributed by atoms with Crippen molar-refractivity contribution in [2.75, 3.05) is 14.2 Å². The normalized spacial score (nSPS) is 13.4. The van der Waals surface area contributed by atoms with Gasteiger partial charge in [-0.25, -0.2) is 0 Å². The predicted molar refractivity (Wildman–Crippen MR) is 101 cm³/mol. The molecule has 0 saturated heterocycles. The smallest absolute Gasteiger partial charge is 0.343 e. The van der Waals surface area contributed by atoms with Crippen LogP contribution in [0.5, 0.6) is 5.75 Å². The Bertz CT molecular complexity index is 718. The fraction of sp³-hybridized carbons (Fsp3) is 0.526. The summed E-state index contributed by atoms with van der Waals surface area (Å²) in [5, 5.41) is 8.97. The van der Waals surface area contributed by atoms with Crippen molar-refractivity contribution in [3.63, 3.8) is 0 Å². The molecule has 0 atom stereocenters. The minimum Gasteiger partial charge on any atom is -0.507 e. The number of hydrogen-bond donors (Lipinski definition) is 1. The van der Waals surface area contributed by atoms with Crippen LogP contribution in [0.2, 0.25) is 0 Å². The lowest BCUT2D eigenvalue weighted by molar-refractivity contribution is -0.116. The first kappa shape index (κ1) is 21.6. The Morgan fingerprint density at radius 1 is 1.12 bits per heavy atom. The van der Waals surface area contributed by atoms with Gasteiger partial charge in [0.05, 0.1) is 0 Å². The molecule has 6 heteroatoms. The summed E-state index contributed by atoms with van der Waals surface area (Å²) in [5.41, 5.74) is 2.09. The third-order valence-corrected chi connectivity index (χ3v) is 6.88. The molecule has 0 heterocycles. The van der Waals surface area contributed by atoms with Gasteiger partial charge in [-0.15, -0.1) is 0 Å². The Morgan fingerprint density at radius 2 is 1.64 bits per heavy atom. The summed E-state index contributed by atoms with van der Waals surface area (Å²) in [6.07, 6.45) is 3.03. The lowest BCUT2D eigenvalue weighted by atomic mass is 9.84. The summed E-state index contributed by atoms with van der Waals surface area (Å²) >= 11 is 0. The molecule has 0 aliphatic rings. The molecule has 25 heavy (non-hydrogen) atoms. The highest BCUT2D eigenvalue weighted by Crippen LogP contribution is 2.59. The molecule has 0 aliphatic heterocycles. The van der Waals surface area contributed by atoms with Crippen molar-refractivity contribution < 1.29 is 23.5 Å². The van der Waals surface area contributed by atoms with E-state index in [1.807, 2.05) is 33.8 Å². The summed E-state index contributed by atoms with van der Waals surface area (Å²) in [4.78, 5) is 12.6. The van der Waals surface area contributed by atoms with E-state index in [1.54, 1.807) is 12.1 Å². The van der Waals surface area contributed by atoms with Gasteiger partial charge in [0, 0.05) is 19.8 Å². The predicted octanol–water partition coefficient (Wildman–Crippen LogP) is 4.84. The van der Waals surface area contributed by atoms with E-state index in [2.05, 4.69) is 0 Å². The molecule has 1 N–H and O–H groups in total. The maximum atomic E-state index is 12.6. The highest BCUT2D eigenvalue weighted by Gasteiger charge is 2.46. The zero-order chi connectivity index (χ0) is 19.6. The molecule has 1 rings (SSSR count). The molecular formula is C19H29O5P. The monoisotopic (exact) mass is 368 g/mol. The highest BCUT2D eigenvalue weighted by atomic mass is 31.2. The second-order valence-corrected chi connectivity index (χ2v) is 10.4. The Balaban J connectivity index is 3.25. The third-order valence-electron chi connectivity index (χ3n) is 4.33. The fourth-order valence-electron chi connectivity index (χ4n) is 2.52. The van der Waals surface area contributed by atoms with Gasteiger partial charge in [0.15, 0.2) is 5.78 Å². The van der Waals surface area contributed by atoms with E-state index in [0.717, 1.165) is 16.7 Å². The summed E-state index contributed by atoms with van der Waals surface area (Å²) in [7, 11) is -1.02. The maximum Gasteiger partial charge on any atom is 0.343 e. The number of rotatable bonds is 6. The van der Waals surface area contributed by atoms with E-state index in [1.165, 1.54) is 34.1 Å². The number of phenolic OH excluding ortho intramolecular Hbond substituents is 1. The lowest BCUT2D eigenvalue weighted by Gasteiger charge is -2.28. The van der Waals surface area contributed by atoms with Gasteiger partial charge in [-0.1, -0.05) is 26.8 Å². The molecule has 0 unspecified atom stereocenters. The number of benzene rings is 1. The number of hydrogen-bond acceptors (Lipinski definition) is 5. The Morgan fingerprint density at radius 3 is 2.08 bits per heavy atom. The van der Waals surface area contributed by atoms with Crippen LogP contribution in [0, 0.1) is 6.92 Å². The van der Waals surface area contributed by atoms with Crippen LogP contribution in [0.1, 0.15) is 51.3 Å². The molecule has 0 radical (unpaired) electrons. The van der Waals surface area contributed by atoms with Crippen molar-refractivity contribution >= 4 is 19.5 Å². The first-order valence-electron chi connectivity index (χ1n) is 8.08. The summed E-state index contributed by atoms with van der Waals surface area (Å²) in [5.74, 6) is -0.0952. The van der Waals surface area contributed by atoms with Crippen molar-refractivity contribution in [2.45, 2.75) is 52.1 Å². The minimum atomic E-state index is -3.56. The Labute approximate surface area is 150 Å². The summed E-state index contributed by atoms with van der Waals surface area (Å²) < 4.78 is 22.5. The van der Waals surface area contributed by atoms with Crippen LogP contribution in [-0.2, 0) is 23.8 Å². The van der Waals surface area contributed by atoms with Gasteiger partial charge >= 0.3 is 7.60 Å².